The van der Waals surface area contributed by atoms with Crippen molar-refractivity contribution in [2.24, 2.45) is 0 Å². The highest BCUT2D eigenvalue weighted by atomic mass is 35.5. The Labute approximate surface area is 174 Å². The second kappa shape index (κ2) is 8.41. The summed E-state index contributed by atoms with van der Waals surface area (Å²) in [5.74, 6) is 0.729. The molecule has 2 amide bonds. The summed E-state index contributed by atoms with van der Waals surface area (Å²) in [4.78, 5) is 35.2. The molecule has 4 heterocycles. The Bertz CT molecular complexity index is 901. The van der Waals surface area contributed by atoms with Crippen LogP contribution in [0.15, 0.2) is 22.9 Å². The maximum Gasteiger partial charge on any atom is 0.292 e. The van der Waals surface area contributed by atoms with Gasteiger partial charge in [0.15, 0.2) is 0 Å². The fourth-order valence-electron chi connectivity index (χ4n) is 3.80. The van der Waals surface area contributed by atoms with Crippen molar-refractivity contribution in [3.05, 3.63) is 40.4 Å². The molecule has 29 heavy (non-hydrogen) atoms. The SMILES string of the molecule is Cc1cc(C(=O)N2CCN(c3ncc(C(=O)N4CCCCC4)cc3Cl)CC2)on1. The molecule has 8 nitrogen and oxygen atoms in total. The summed E-state index contributed by atoms with van der Waals surface area (Å²) < 4.78 is 5.07. The molecule has 2 aromatic rings. The van der Waals surface area contributed by atoms with Gasteiger partial charge in [-0.25, -0.2) is 4.98 Å². The lowest BCUT2D eigenvalue weighted by molar-refractivity contribution is 0.0701. The van der Waals surface area contributed by atoms with Crippen molar-refractivity contribution >= 4 is 29.2 Å². The van der Waals surface area contributed by atoms with Crippen molar-refractivity contribution < 1.29 is 14.1 Å². The lowest BCUT2D eigenvalue weighted by Crippen LogP contribution is -2.49. The number of carbonyl (C=O) groups excluding carboxylic acids is 2. The molecule has 2 fully saturated rings. The van der Waals surface area contributed by atoms with Crippen LogP contribution >= 0.6 is 11.6 Å². The molecule has 0 N–H and O–H groups in total. The minimum Gasteiger partial charge on any atom is -0.352 e. The van der Waals surface area contributed by atoms with Crippen LogP contribution < -0.4 is 4.90 Å². The molecule has 9 heteroatoms. The van der Waals surface area contributed by atoms with E-state index in [9.17, 15) is 9.59 Å². The molecular formula is C20H24ClN5O3. The monoisotopic (exact) mass is 417 g/mol. The maximum atomic E-state index is 12.6. The van der Waals surface area contributed by atoms with Crippen LogP contribution in [0.2, 0.25) is 5.02 Å². The molecule has 0 atom stereocenters. The van der Waals surface area contributed by atoms with Crippen LogP contribution in [-0.2, 0) is 0 Å². The number of anilines is 1. The number of rotatable bonds is 3. The van der Waals surface area contributed by atoms with Crippen molar-refractivity contribution in [1.82, 2.24) is 19.9 Å². The summed E-state index contributed by atoms with van der Waals surface area (Å²) in [5, 5.41) is 4.23. The Morgan fingerprint density at radius 1 is 0.966 bits per heavy atom. The number of piperidine rings is 1. The van der Waals surface area contributed by atoms with E-state index in [1.807, 2.05) is 9.80 Å². The Morgan fingerprint density at radius 3 is 2.28 bits per heavy atom. The molecule has 4 rings (SSSR count). The third-order valence-electron chi connectivity index (χ3n) is 5.42. The van der Waals surface area contributed by atoms with Gasteiger partial charge in [0.25, 0.3) is 11.8 Å². The Hall–Kier alpha value is -2.61. The molecule has 0 unspecified atom stereocenters. The van der Waals surface area contributed by atoms with Crippen molar-refractivity contribution in [2.45, 2.75) is 26.2 Å². The van der Waals surface area contributed by atoms with Gasteiger partial charge in [0.1, 0.15) is 5.82 Å². The van der Waals surface area contributed by atoms with Crippen LogP contribution in [0.5, 0.6) is 0 Å². The van der Waals surface area contributed by atoms with E-state index < -0.39 is 0 Å². The van der Waals surface area contributed by atoms with E-state index in [0.717, 1.165) is 25.9 Å². The molecule has 0 bridgehead atoms. The number of hydrogen-bond acceptors (Lipinski definition) is 6. The third kappa shape index (κ3) is 4.22. The van der Waals surface area contributed by atoms with Crippen LogP contribution in [0.3, 0.4) is 0 Å². The van der Waals surface area contributed by atoms with Crippen LogP contribution in [0.4, 0.5) is 5.82 Å². The van der Waals surface area contributed by atoms with Crippen LogP contribution in [-0.4, -0.2) is 71.0 Å². The zero-order chi connectivity index (χ0) is 20.4. The Kier molecular flexibility index (Phi) is 5.71. The molecule has 2 aliphatic rings. The number of amides is 2. The normalized spacial score (nSPS) is 17.5. The number of carbonyl (C=O) groups is 2. The third-order valence-corrected chi connectivity index (χ3v) is 5.70. The van der Waals surface area contributed by atoms with E-state index in [1.54, 1.807) is 30.2 Å². The summed E-state index contributed by atoms with van der Waals surface area (Å²) in [5.41, 5.74) is 1.21. The number of aromatic nitrogens is 2. The first-order valence-electron chi connectivity index (χ1n) is 9.95. The van der Waals surface area contributed by atoms with E-state index in [-0.39, 0.29) is 17.6 Å². The van der Waals surface area contributed by atoms with Gasteiger partial charge in [0.05, 0.1) is 16.3 Å². The number of halogens is 1. The Morgan fingerprint density at radius 2 is 1.66 bits per heavy atom. The molecule has 0 saturated carbocycles. The average Bonchev–Trinajstić information content (AvgIpc) is 3.20. The summed E-state index contributed by atoms with van der Waals surface area (Å²) >= 11 is 6.46. The molecule has 0 aromatic carbocycles. The molecule has 2 aromatic heterocycles. The topological polar surface area (TPSA) is 82.8 Å². The smallest absolute Gasteiger partial charge is 0.292 e. The van der Waals surface area contributed by atoms with Gasteiger partial charge in [-0.3, -0.25) is 9.59 Å². The summed E-state index contributed by atoms with van der Waals surface area (Å²) in [7, 11) is 0. The average molecular weight is 418 g/mol. The lowest BCUT2D eigenvalue weighted by atomic mass is 10.1. The number of hydrogen-bond donors (Lipinski definition) is 0. The van der Waals surface area contributed by atoms with E-state index in [4.69, 9.17) is 16.1 Å². The largest absolute Gasteiger partial charge is 0.352 e. The zero-order valence-corrected chi connectivity index (χ0v) is 17.2. The molecule has 0 radical (unpaired) electrons. The standard InChI is InChI=1S/C20H24ClN5O3/c1-14-11-17(29-23-14)20(28)26-9-7-24(8-10-26)18-16(21)12-15(13-22-18)19(27)25-5-3-2-4-6-25/h11-13H,2-10H2,1H3. The predicted octanol–water partition coefficient (Wildman–Crippen LogP) is 2.62. The van der Waals surface area contributed by atoms with Gasteiger partial charge >= 0.3 is 0 Å². The Balaban J connectivity index is 1.39. The lowest BCUT2D eigenvalue weighted by Gasteiger charge is -2.35. The van der Waals surface area contributed by atoms with Crippen molar-refractivity contribution in [3.63, 3.8) is 0 Å². The van der Waals surface area contributed by atoms with Crippen LogP contribution in [0.1, 0.15) is 45.9 Å². The van der Waals surface area contributed by atoms with E-state index in [2.05, 4.69) is 10.1 Å². The van der Waals surface area contributed by atoms with Crippen LogP contribution in [0, 0.1) is 6.92 Å². The second-order valence-corrected chi connectivity index (χ2v) is 7.90. The first kappa shape index (κ1) is 19.7. The number of pyridine rings is 1. The summed E-state index contributed by atoms with van der Waals surface area (Å²) in [6.07, 6.45) is 4.86. The summed E-state index contributed by atoms with van der Waals surface area (Å²) in [6, 6.07) is 3.35. The van der Waals surface area contributed by atoms with Crippen molar-refractivity contribution in [3.8, 4) is 0 Å². The van der Waals surface area contributed by atoms with Gasteiger partial charge in [-0.2, -0.15) is 0 Å². The van der Waals surface area contributed by atoms with Gasteiger partial charge in [0, 0.05) is 51.5 Å². The molecule has 2 saturated heterocycles. The van der Waals surface area contributed by atoms with Gasteiger partial charge in [-0.05, 0) is 32.3 Å². The predicted molar refractivity (Wildman–Crippen MR) is 108 cm³/mol. The number of likely N-dealkylation sites (tertiary alicyclic amines) is 1. The number of piperazine rings is 1. The van der Waals surface area contributed by atoms with Crippen molar-refractivity contribution in [2.75, 3.05) is 44.2 Å². The number of aryl methyl sites for hydroxylation is 1. The quantitative estimate of drug-likeness (QED) is 0.763. The highest BCUT2D eigenvalue weighted by Gasteiger charge is 2.27. The molecule has 0 spiro atoms. The first-order chi connectivity index (χ1) is 14.0. The van der Waals surface area contributed by atoms with E-state index in [0.29, 0.717) is 48.3 Å². The first-order valence-corrected chi connectivity index (χ1v) is 10.3. The minimum absolute atomic E-state index is 0.0107. The van der Waals surface area contributed by atoms with E-state index in [1.165, 1.54) is 6.42 Å². The molecule has 2 aliphatic heterocycles. The minimum atomic E-state index is -0.160. The second-order valence-electron chi connectivity index (χ2n) is 7.49. The fraction of sp³-hybridized carbons (Fsp3) is 0.500. The highest BCUT2D eigenvalue weighted by molar-refractivity contribution is 6.33. The van der Waals surface area contributed by atoms with Gasteiger partial charge in [-0.15, -0.1) is 0 Å². The van der Waals surface area contributed by atoms with Crippen molar-refractivity contribution in [1.29, 1.82) is 0 Å². The molecule has 154 valence electrons. The zero-order valence-electron chi connectivity index (χ0n) is 16.4. The summed E-state index contributed by atoms with van der Waals surface area (Å²) in [6.45, 7) is 5.63. The molecule has 0 aliphatic carbocycles. The highest BCUT2D eigenvalue weighted by Crippen LogP contribution is 2.26. The molecular weight excluding hydrogens is 394 g/mol. The fourth-order valence-corrected chi connectivity index (χ4v) is 4.09. The van der Waals surface area contributed by atoms with Gasteiger partial charge in [-0.1, -0.05) is 16.8 Å². The van der Waals surface area contributed by atoms with Gasteiger partial charge in [0.2, 0.25) is 5.76 Å². The maximum absolute atomic E-state index is 12.6. The van der Waals surface area contributed by atoms with E-state index >= 15 is 0 Å². The van der Waals surface area contributed by atoms with Crippen LogP contribution in [0.25, 0.3) is 0 Å². The number of nitrogens with zero attached hydrogens (tertiary/aromatic N) is 5. The van der Waals surface area contributed by atoms with Gasteiger partial charge < -0.3 is 19.2 Å².